The van der Waals surface area contributed by atoms with Gasteiger partial charge in [-0.2, -0.15) is 28.4 Å². The van der Waals surface area contributed by atoms with E-state index in [1.54, 1.807) is 17.9 Å². The first kappa shape index (κ1) is 36.7. The Hall–Kier alpha value is -5.28. The number of nitriles is 1. The molecule has 3 unspecified atom stereocenters. The van der Waals surface area contributed by atoms with Crippen molar-refractivity contribution in [1.29, 1.82) is 5.26 Å². The van der Waals surface area contributed by atoms with E-state index in [2.05, 4.69) is 19.9 Å². The van der Waals surface area contributed by atoms with Gasteiger partial charge in [-0.1, -0.05) is 6.07 Å². The minimum absolute atomic E-state index is 0.0108. The van der Waals surface area contributed by atoms with Crippen molar-refractivity contribution in [3.63, 3.8) is 0 Å². The molecule has 0 radical (unpaired) electrons. The summed E-state index contributed by atoms with van der Waals surface area (Å²) in [4.78, 5) is 35.5. The highest BCUT2D eigenvalue weighted by Crippen LogP contribution is 2.48. The Morgan fingerprint density at radius 3 is 2.69 bits per heavy atom. The highest BCUT2D eigenvalue weighted by molar-refractivity contribution is 7.23. The molecule has 8 rings (SSSR count). The van der Waals surface area contributed by atoms with Gasteiger partial charge in [0.25, 0.3) is 5.91 Å². The predicted octanol–water partition coefficient (Wildman–Crippen LogP) is 6.75. The average Bonchev–Trinajstić information content (AvgIpc) is 3.94. The van der Waals surface area contributed by atoms with Crippen LogP contribution < -0.4 is 15.4 Å². The van der Waals surface area contributed by atoms with Gasteiger partial charge in [0.15, 0.2) is 5.82 Å². The molecule has 0 saturated carbocycles. The van der Waals surface area contributed by atoms with E-state index >= 15 is 22.0 Å². The van der Waals surface area contributed by atoms with Gasteiger partial charge in [0.05, 0.1) is 21.4 Å². The maximum absolute atomic E-state index is 17.3. The number of rotatable bonds is 8. The number of nitrogen functional groups attached to an aromatic ring is 1. The molecule has 3 atom stereocenters. The number of hydrogen-bond acceptors (Lipinski definition) is 11. The molecular weight excluding hydrogens is 749 g/mol. The van der Waals surface area contributed by atoms with Gasteiger partial charge in [0.2, 0.25) is 5.82 Å². The molecule has 0 bridgehead atoms. The molecule has 3 aromatic heterocycles. The summed E-state index contributed by atoms with van der Waals surface area (Å²) in [7, 11) is 0. The lowest BCUT2D eigenvalue weighted by molar-refractivity contribution is -0.137. The minimum atomic E-state index is -5.15. The molecule has 5 aromatic rings. The van der Waals surface area contributed by atoms with E-state index in [0.717, 1.165) is 24.6 Å². The summed E-state index contributed by atoms with van der Waals surface area (Å²) in [6, 6.07) is 5.23. The molecule has 0 aliphatic carbocycles. The third-order valence-electron chi connectivity index (χ3n) is 10.9. The van der Waals surface area contributed by atoms with Crippen LogP contribution in [0.15, 0.2) is 36.7 Å². The van der Waals surface area contributed by atoms with Gasteiger partial charge in [-0.15, -0.1) is 11.3 Å². The minimum Gasteiger partial charge on any atom is -0.461 e. The monoisotopic (exact) mass is 781 g/mol. The van der Waals surface area contributed by atoms with Crippen molar-refractivity contribution in [1.82, 2.24) is 29.7 Å². The quantitative estimate of drug-likeness (QED) is 0.169. The molecule has 3 aliphatic rings. The molecule has 3 fully saturated rings. The zero-order chi connectivity index (χ0) is 38.8. The van der Waals surface area contributed by atoms with E-state index in [0.29, 0.717) is 30.7 Å². The standard InChI is InChI=1S/C37H33F6N9O2S/c1-2-52(20-7-12-50(17-20)34(53)32-46-9-4-10-47-32)33-22-13-24(37(41,42)43)27(21-5-6-25(39)30-26(21)23(15-44)31(45)55-30)28(40)29(22)48-35(49-33)54-18-36-8-3-11-51(36)16-19(38)14-36/h4-6,9-10,13,19-20H,2-3,7-8,11-12,14,16-18,45H2,1H3. The number of benzene rings is 2. The van der Waals surface area contributed by atoms with E-state index in [9.17, 15) is 14.4 Å². The van der Waals surface area contributed by atoms with E-state index in [-0.39, 0.29) is 82.9 Å². The van der Waals surface area contributed by atoms with Gasteiger partial charge in [-0.3, -0.25) is 9.69 Å². The number of anilines is 2. The number of likely N-dealkylation sites (tertiary alicyclic amines) is 1. The van der Waals surface area contributed by atoms with E-state index < -0.39 is 63.7 Å². The van der Waals surface area contributed by atoms with Crippen molar-refractivity contribution >= 4 is 49.1 Å². The van der Waals surface area contributed by atoms with Crippen LogP contribution in [-0.2, 0) is 6.18 Å². The second-order valence-electron chi connectivity index (χ2n) is 14.0. The third kappa shape index (κ3) is 6.22. The fourth-order valence-electron chi connectivity index (χ4n) is 8.43. The van der Waals surface area contributed by atoms with Crippen LogP contribution in [-0.4, -0.2) is 92.7 Å². The van der Waals surface area contributed by atoms with Gasteiger partial charge < -0.3 is 20.3 Å². The van der Waals surface area contributed by atoms with Crippen molar-refractivity contribution in [2.45, 2.75) is 56.5 Å². The fourth-order valence-corrected chi connectivity index (χ4v) is 9.38. The molecule has 11 nitrogen and oxygen atoms in total. The van der Waals surface area contributed by atoms with Crippen LogP contribution in [0.4, 0.5) is 37.2 Å². The molecule has 1 amide bonds. The molecule has 2 N–H and O–H groups in total. The Kier molecular flexibility index (Phi) is 9.19. The van der Waals surface area contributed by atoms with Gasteiger partial charge >= 0.3 is 12.2 Å². The third-order valence-corrected chi connectivity index (χ3v) is 11.9. The zero-order valence-corrected chi connectivity index (χ0v) is 30.2. The lowest BCUT2D eigenvalue weighted by atomic mass is 9.92. The second kappa shape index (κ2) is 13.8. The van der Waals surface area contributed by atoms with Gasteiger partial charge in [-0.05, 0) is 56.5 Å². The molecule has 55 heavy (non-hydrogen) atoms. The molecule has 3 saturated heterocycles. The molecular formula is C37H33F6N9O2S. The van der Waals surface area contributed by atoms with E-state index in [1.807, 2.05) is 11.0 Å². The number of nitrogens with two attached hydrogens (primary N) is 1. The predicted molar refractivity (Wildman–Crippen MR) is 192 cm³/mol. The van der Waals surface area contributed by atoms with Gasteiger partial charge in [0.1, 0.15) is 41.0 Å². The zero-order valence-electron chi connectivity index (χ0n) is 29.3. The normalized spacial score (nSPS) is 21.4. The SMILES string of the molecule is CCN(c1nc(OCC23CCCN2CC(F)C3)nc2c(F)c(-c3ccc(F)c4sc(N)c(C#N)c34)c(C(F)(F)F)cc12)C1CCN(C(=O)c2ncccn2)C1. The van der Waals surface area contributed by atoms with E-state index in [4.69, 9.17) is 10.5 Å². The van der Waals surface area contributed by atoms with Gasteiger partial charge in [-0.25, -0.2) is 23.1 Å². The summed E-state index contributed by atoms with van der Waals surface area (Å²) in [6.45, 7) is 3.23. The first-order chi connectivity index (χ1) is 26.3. The molecule has 6 heterocycles. The first-order valence-electron chi connectivity index (χ1n) is 17.7. The first-order valence-corrected chi connectivity index (χ1v) is 18.5. The molecule has 2 aromatic carbocycles. The molecule has 286 valence electrons. The Morgan fingerprint density at radius 2 is 1.96 bits per heavy atom. The van der Waals surface area contributed by atoms with Crippen LogP contribution in [0.3, 0.4) is 0 Å². The number of likely N-dealkylation sites (N-methyl/N-ethyl adjacent to an activating group) is 1. The number of thiophene rings is 1. The van der Waals surface area contributed by atoms with Crippen molar-refractivity contribution in [3.8, 4) is 23.2 Å². The topological polar surface area (TPSA) is 137 Å². The summed E-state index contributed by atoms with van der Waals surface area (Å²) >= 11 is 0.672. The summed E-state index contributed by atoms with van der Waals surface area (Å²) in [5, 5.41) is 9.21. The lowest BCUT2D eigenvalue weighted by Gasteiger charge is -2.32. The molecule has 3 aliphatic heterocycles. The number of aromatic nitrogens is 4. The maximum atomic E-state index is 17.3. The number of amides is 1. The van der Waals surface area contributed by atoms with Crippen molar-refractivity contribution < 1.29 is 35.9 Å². The summed E-state index contributed by atoms with van der Waals surface area (Å²) in [6.07, 6.45) is -1.27. The molecule has 0 spiro atoms. The summed E-state index contributed by atoms with van der Waals surface area (Å²) < 4.78 is 98.4. The number of alkyl halides is 4. The van der Waals surface area contributed by atoms with Gasteiger partial charge in [0, 0.05) is 67.4 Å². The van der Waals surface area contributed by atoms with Crippen LogP contribution in [0.25, 0.3) is 32.1 Å². The highest BCUT2D eigenvalue weighted by Gasteiger charge is 2.49. The Bertz CT molecular complexity index is 2370. The average molecular weight is 782 g/mol. The van der Waals surface area contributed by atoms with Crippen LogP contribution >= 0.6 is 11.3 Å². The Labute approximate surface area is 314 Å². The maximum Gasteiger partial charge on any atom is 0.417 e. The summed E-state index contributed by atoms with van der Waals surface area (Å²) in [5.74, 6) is -2.73. The second-order valence-corrected chi connectivity index (χ2v) is 15.1. The van der Waals surface area contributed by atoms with Crippen molar-refractivity contribution in [2.75, 3.05) is 50.0 Å². The van der Waals surface area contributed by atoms with Crippen LogP contribution in [0.1, 0.15) is 54.4 Å². The summed E-state index contributed by atoms with van der Waals surface area (Å²) in [5.41, 5.74) is 1.79. The van der Waals surface area contributed by atoms with E-state index in [1.165, 1.54) is 17.3 Å². The Balaban J connectivity index is 1.30. The van der Waals surface area contributed by atoms with Crippen molar-refractivity contribution in [2.24, 2.45) is 0 Å². The fraction of sp³-hybridized carbons (Fsp3) is 0.405. The van der Waals surface area contributed by atoms with Crippen LogP contribution in [0.5, 0.6) is 6.01 Å². The number of hydrogen-bond donors (Lipinski definition) is 1. The largest absolute Gasteiger partial charge is 0.461 e. The number of ether oxygens (including phenoxy) is 1. The number of nitrogens with zero attached hydrogens (tertiary/aromatic N) is 8. The van der Waals surface area contributed by atoms with Crippen LogP contribution in [0.2, 0.25) is 0 Å². The molecule has 18 heteroatoms. The number of carbonyl (C=O) groups is 1. The Morgan fingerprint density at radius 1 is 1.18 bits per heavy atom. The van der Waals surface area contributed by atoms with Crippen molar-refractivity contribution in [3.05, 3.63) is 65.2 Å². The smallest absolute Gasteiger partial charge is 0.417 e. The highest BCUT2D eigenvalue weighted by atomic mass is 32.1. The number of carbonyl (C=O) groups excluding carboxylic acids is 1. The van der Waals surface area contributed by atoms with Crippen LogP contribution in [0, 0.1) is 23.0 Å². The number of halogens is 6. The lowest BCUT2D eigenvalue weighted by Crippen LogP contribution is -2.43. The number of fused-ring (bicyclic) bond motifs is 3.